The molecule has 0 radical (unpaired) electrons. The van der Waals surface area contributed by atoms with Crippen LogP contribution in [0.2, 0.25) is 0 Å². The molecule has 1 aliphatic rings. The highest BCUT2D eigenvalue weighted by Gasteiger charge is 2.23. The quantitative estimate of drug-likeness (QED) is 0.474. The van der Waals surface area contributed by atoms with E-state index in [1.54, 1.807) is 29.0 Å². The van der Waals surface area contributed by atoms with Gasteiger partial charge in [0.1, 0.15) is 18.1 Å². The minimum absolute atomic E-state index is 0.0740. The van der Waals surface area contributed by atoms with Gasteiger partial charge in [-0.05, 0) is 36.2 Å². The highest BCUT2D eigenvalue weighted by atomic mass is 19.1. The summed E-state index contributed by atoms with van der Waals surface area (Å²) in [5, 5.41) is 7.25. The fraction of sp³-hybridized carbons (Fsp3) is 0.250. The van der Waals surface area contributed by atoms with Crippen LogP contribution in [0.1, 0.15) is 25.3 Å². The van der Waals surface area contributed by atoms with E-state index in [4.69, 9.17) is 4.74 Å². The number of hydrogen-bond donors (Lipinski definition) is 1. The van der Waals surface area contributed by atoms with E-state index in [1.807, 2.05) is 6.07 Å². The highest BCUT2D eigenvalue weighted by molar-refractivity contribution is 5.95. The Morgan fingerprint density at radius 2 is 1.97 bits per heavy atom. The Morgan fingerprint density at radius 3 is 2.74 bits per heavy atom. The van der Waals surface area contributed by atoms with Crippen molar-refractivity contribution in [3.8, 4) is 11.3 Å². The number of anilines is 3. The maximum absolute atomic E-state index is 14.8. The molecule has 174 valence electrons. The molecule has 10 heteroatoms. The normalized spacial score (nSPS) is 14.3. The summed E-state index contributed by atoms with van der Waals surface area (Å²) in [5.41, 5.74) is 3.15. The zero-order valence-corrected chi connectivity index (χ0v) is 18.6. The van der Waals surface area contributed by atoms with Crippen LogP contribution in [0, 0.1) is 11.6 Å². The Morgan fingerprint density at radius 1 is 1.12 bits per heavy atom. The van der Waals surface area contributed by atoms with Crippen LogP contribution in [-0.2, 0) is 9.53 Å². The van der Waals surface area contributed by atoms with Crippen molar-refractivity contribution in [2.75, 3.05) is 30.0 Å². The van der Waals surface area contributed by atoms with E-state index in [2.05, 4.69) is 34.2 Å². The average Bonchev–Trinajstić information content (AvgIpc) is 3.25. The van der Waals surface area contributed by atoms with E-state index < -0.39 is 11.6 Å². The molecule has 0 spiro atoms. The Kier molecular flexibility index (Phi) is 5.66. The first-order valence-electron chi connectivity index (χ1n) is 10.9. The lowest BCUT2D eigenvalue weighted by molar-refractivity contribution is -0.125. The number of carbonyl (C=O) groups excluding carboxylic acids is 1. The SMILES string of the molecule is CC(C)c1cnn2ccc(-c3nc(Nc4ccc(N5CCOCC5=O)c(F)c4)ncc3F)cc12. The third-order valence-corrected chi connectivity index (χ3v) is 5.67. The highest BCUT2D eigenvalue weighted by Crippen LogP contribution is 2.29. The molecule has 0 bridgehead atoms. The maximum Gasteiger partial charge on any atom is 0.253 e. The molecule has 5 rings (SSSR count). The lowest BCUT2D eigenvalue weighted by atomic mass is 10.0. The van der Waals surface area contributed by atoms with Gasteiger partial charge in [0.15, 0.2) is 5.82 Å². The van der Waals surface area contributed by atoms with Crippen molar-refractivity contribution in [1.82, 2.24) is 19.6 Å². The number of fused-ring (bicyclic) bond motifs is 1. The van der Waals surface area contributed by atoms with Gasteiger partial charge in [-0.2, -0.15) is 5.10 Å². The van der Waals surface area contributed by atoms with Crippen molar-refractivity contribution in [2.24, 2.45) is 0 Å². The molecule has 0 atom stereocenters. The first-order chi connectivity index (χ1) is 16.4. The number of hydrogen-bond acceptors (Lipinski definition) is 6. The predicted molar refractivity (Wildman–Crippen MR) is 123 cm³/mol. The van der Waals surface area contributed by atoms with Gasteiger partial charge in [-0.15, -0.1) is 0 Å². The number of nitrogens with one attached hydrogen (secondary N) is 1. The summed E-state index contributed by atoms with van der Waals surface area (Å²) in [6.07, 6.45) is 4.63. The number of ether oxygens (including phenoxy) is 1. The number of rotatable bonds is 5. The van der Waals surface area contributed by atoms with Gasteiger partial charge in [0.25, 0.3) is 5.91 Å². The number of nitrogens with zero attached hydrogens (tertiary/aromatic N) is 5. The van der Waals surface area contributed by atoms with Crippen LogP contribution in [0.15, 0.2) is 48.9 Å². The Hall–Kier alpha value is -3.92. The Labute approximate surface area is 194 Å². The molecule has 1 aromatic carbocycles. The number of carbonyl (C=O) groups is 1. The summed E-state index contributed by atoms with van der Waals surface area (Å²) in [4.78, 5) is 21.7. The zero-order chi connectivity index (χ0) is 23.8. The second-order valence-corrected chi connectivity index (χ2v) is 8.28. The second kappa shape index (κ2) is 8.79. The van der Waals surface area contributed by atoms with Gasteiger partial charge in [0.05, 0.1) is 30.2 Å². The summed E-state index contributed by atoms with van der Waals surface area (Å²) in [7, 11) is 0. The number of benzene rings is 1. The zero-order valence-electron chi connectivity index (χ0n) is 18.6. The molecular formula is C24H22F2N6O2. The lowest BCUT2D eigenvalue weighted by Gasteiger charge is -2.27. The summed E-state index contributed by atoms with van der Waals surface area (Å²) in [5.74, 6) is -1.08. The monoisotopic (exact) mass is 464 g/mol. The number of aromatic nitrogens is 4. The van der Waals surface area contributed by atoms with Crippen LogP contribution in [0.4, 0.5) is 26.1 Å². The van der Waals surface area contributed by atoms with Crippen LogP contribution >= 0.6 is 0 Å². The van der Waals surface area contributed by atoms with E-state index in [9.17, 15) is 13.6 Å². The molecule has 8 nitrogen and oxygen atoms in total. The van der Waals surface area contributed by atoms with E-state index >= 15 is 0 Å². The smallest absolute Gasteiger partial charge is 0.253 e. The third kappa shape index (κ3) is 4.08. The molecule has 1 amide bonds. The third-order valence-electron chi connectivity index (χ3n) is 5.67. The second-order valence-electron chi connectivity index (χ2n) is 8.28. The van der Waals surface area contributed by atoms with Crippen LogP contribution in [0.3, 0.4) is 0 Å². The summed E-state index contributed by atoms with van der Waals surface area (Å²) >= 11 is 0. The average molecular weight is 464 g/mol. The van der Waals surface area contributed by atoms with Gasteiger partial charge < -0.3 is 15.0 Å². The van der Waals surface area contributed by atoms with Crippen LogP contribution in [0.25, 0.3) is 16.8 Å². The molecule has 1 N–H and O–H groups in total. The van der Waals surface area contributed by atoms with E-state index in [0.29, 0.717) is 17.9 Å². The van der Waals surface area contributed by atoms with Gasteiger partial charge in [-0.3, -0.25) is 4.79 Å². The maximum atomic E-state index is 14.8. The van der Waals surface area contributed by atoms with Crippen LogP contribution in [-0.4, -0.2) is 45.2 Å². The topological polar surface area (TPSA) is 84.6 Å². The molecule has 0 unspecified atom stereocenters. The molecule has 0 aliphatic carbocycles. The first-order valence-corrected chi connectivity index (χ1v) is 10.9. The molecule has 4 heterocycles. The Bertz CT molecular complexity index is 1390. The van der Waals surface area contributed by atoms with E-state index in [0.717, 1.165) is 17.3 Å². The summed E-state index contributed by atoms with van der Waals surface area (Å²) < 4.78 is 36.2. The molecule has 3 aromatic heterocycles. The number of halogens is 2. The first kappa shape index (κ1) is 21.9. The predicted octanol–water partition coefficient (Wildman–Crippen LogP) is 4.30. The van der Waals surface area contributed by atoms with Crippen molar-refractivity contribution in [1.29, 1.82) is 0 Å². The molecule has 34 heavy (non-hydrogen) atoms. The largest absolute Gasteiger partial charge is 0.370 e. The fourth-order valence-corrected chi connectivity index (χ4v) is 3.93. The van der Waals surface area contributed by atoms with Crippen molar-refractivity contribution < 1.29 is 18.3 Å². The fourth-order valence-electron chi connectivity index (χ4n) is 3.93. The van der Waals surface area contributed by atoms with Crippen molar-refractivity contribution in [3.63, 3.8) is 0 Å². The van der Waals surface area contributed by atoms with Crippen molar-refractivity contribution in [3.05, 3.63) is 66.1 Å². The van der Waals surface area contributed by atoms with Crippen molar-refractivity contribution in [2.45, 2.75) is 19.8 Å². The molecule has 4 aromatic rings. The van der Waals surface area contributed by atoms with Crippen LogP contribution < -0.4 is 10.2 Å². The van der Waals surface area contributed by atoms with Gasteiger partial charge >= 0.3 is 0 Å². The van der Waals surface area contributed by atoms with Gasteiger partial charge in [-0.25, -0.2) is 23.3 Å². The molecule has 0 saturated carbocycles. The standard InChI is InChI=1S/C24H22F2N6O2/c1-14(2)17-11-28-32-6-5-15(9-21(17)32)23-19(26)12-27-24(30-23)29-16-3-4-20(18(25)10-16)31-7-8-34-13-22(31)33/h3-6,9-12,14H,7-8,13H2,1-2H3,(H,27,29,30). The minimum atomic E-state index is -0.576. The Balaban J connectivity index is 1.43. The van der Waals surface area contributed by atoms with Gasteiger partial charge in [-0.1, -0.05) is 13.8 Å². The van der Waals surface area contributed by atoms with Gasteiger partial charge in [0.2, 0.25) is 5.95 Å². The van der Waals surface area contributed by atoms with E-state index in [-0.39, 0.29) is 42.3 Å². The number of pyridine rings is 1. The summed E-state index contributed by atoms with van der Waals surface area (Å²) in [6, 6.07) is 7.93. The lowest BCUT2D eigenvalue weighted by Crippen LogP contribution is -2.42. The molecule has 1 saturated heterocycles. The van der Waals surface area contributed by atoms with Gasteiger partial charge in [0, 0.05) is 29.6 Å². The van der Waals surface area contributed by atoms with Crippen LogP contribution in [0.5, 0.6) is 0 Å². The molecule has 1 fully saturated rings. The minimum Gasteiger partial charge on any atom is -0.370 e. The summed E-state index contributed by atoms with van der Waals surface area (Å²) in [6.45, 7) is 4.69. The molecule has 1 aliphatic heterocycles. The number of amides is 1. The molecular weight excluding hydrogens is 442 g/mol. The van der Waals surface area contributed by atoms with Crippen molar-refractivity contribution >= 4 is 28.7 Å². The number of morpholine rings is 1. The van der Waals surface area contributed by atoms with E-state index in [1.165, 1.54) is 17.0 Å².